The monoisotopic (exact) mass is 423 g/mol. The summed E-state index contributed by atoms with van der Waals surface area (Å²) < 4.78 is 19.1. The van der Waals surface area contributed by atoms with Gasteiger partial charge in [-0.15, -0.1) is 0 Å². The summed E-state index contributed by atoms with van der Waals surface area (Å²) in [5, 5.41) is 3.89. The fraction of sp³-hybridized carbons (Fsp3) is 0.400. The molecule has 4 rings (SSSR count). The fourth-order valence-corrected chi connectivity index (χ4v) is 4.51. The number of anilines is 1. The van der Waals surface area contributed by atoms with Crippen LogP contribution in [0.25, 0.3) is 10.9 Å². The Kier molecular flexibility index (Phi) is 6.56. The maximum absolute atomic E-state index is 13.7. The first-order valence-electron chi connectivity index (χ1n) is 11.0. The Balaban J connectivity index is 1.32. The van der Waals surface area contributed by atoms with Gasteiger partial charge in [0.15, 0.2) is 0 Å². The van der Waals surface area contributed by atoms with E-state index in [0.29, 0.717) is 12.3 Å². The number of aromatic nitrogens is 1. The number of halogens is 1. The second-order valence-corrected chi connectivity index (χ2v) is 8.45. The van der Waals surface area contributed by atoms with Crippen LogP contribution in [0.1, 0.15) is 36.9 Å². The van der Waals surface area contributed by atoms with E-state index in [9.17, 15) is 9.18 Å². The molecule has 1 atom stereocenters. The van der Waals surface area contributed by atoms with E-state index in [1.165, 1.54) is 22.7 Å². The van der Waals surface area contributed by atoms with E-state index in [-0.39, 0.29) is 11.6 Å². The molecule has 0 aliphatic carbocycles. The molecule has 1 aliphatic heterocycles. The number of carbonyl (C=O) groups excluding carboxylic acids is 1. The van der Waals surface area contributed by atoms with E-state index in [2.05, 4.69) is 34.3 Å². The minimum absolute atomic E-state index is 0.123. The highest BCUT2D eigenvalue weighted by Crippen LogP contribution is 2.28. The molecule has 1 aromatic heterocycles. The number of aryl methyl sites for hydroxylation is 1. The quantitative estimate of drug-likeness (QED) is 0.545. The molecule has 0 unspecified atom stereocenters. The normalized spacial score (nSPS) is 17.1. The summed E-state index contributed by atoms with van der Waals surface area (Å²) in [5.74, 6) is 0.825. The number of aromatic amines is 1. The maximum atomic E-state index is 13.7. The molecular formula is C25H30FN3O2. The van der Waals surface area contributed by atoms with Crippen molar-refractivity contribution in [2.75, 3.05) is 25.5 Å². The third-order valence-corrected chi connectivity index (χ3v) is 6.28. The highest BCUT2D eigenvalue weighted by Gasteiger charge is 2.22. The number of likely N-dealkylation sites (tertiary alicyclic amines) is 1. The van der Waals surface area contributed by atoms with Crippen molar-refractivity contribution in [3.05, 3.63) is 59.5 Å². The lowest BCUT2D eigenvalue weighted by Gasteiger charge is -2.32. The van der Waals surface area contributed by atoms with Crippen LogP contribution in [0.3, 0.4) is 0 Å². The second kappa shape index (κ2) is 9.52. The van der Waals surface area contributed by atoms with Crippen LogP contribution in [0.2, 0.25) is 0 Å². The highest BCUT2D eigenvalue weighted by molar-refractivity contribution is 5.90. The predicted octanol–water partition coefficient (Wildman–Crippen LogP) is 5.25. The minimum Gasteiger partial charge on any atom is -0.497 e. The van der Waals surface area contributed by atoms with Crippen molar-refractivity contribution < 1.29 is 13.9 Å². The Morgan fingerprint density at radius 1 is 1.29 bits per heavy atom. The minimum atomic E-state index is -0.397. The summed E-state index contributed by atoms with van der Waals surface area (Å²) in [7, 11) is 1.69. The molecule has 2 N–H and O–H groups in total. The third-order valence-electron chi connectivity index (χ3n) is 6.28. The lowest BCUT2D eigenvalue weighted by atomic mass is 9.93. The van der Waals surface area contributed by atoms with Crippen molar-refractivity contribution in [3.63, 3.8) is 0 Å². The third kappa shape index (κ3) is 5.07. The average Bonchev–Trinajstić information content (AvgIpc) is 3.09. The van der Waals surface area contributed by atoms with Gasteiger partial charge in [0, 0.05) is 36.1 Å². The highest BCUT2D eigenvalue weighted by atomic mass is 19.1. The molecule has 1 fully saturated rings. The first-order chi connectivity index (χ1) is 15.0. The summed E-state index contributed by atoms with van der Waals surface area (Å²) in [4.78, 5) is 18.3. The molecule has 1 saturated heterocycles. The van der Waals surface area contributed by atoms with Crippen molar-refractivity contribution in [2.24, 2.45) is 5.92 Å². The zero-order chi connectivity index (χ0) is 21.8. The Labute approximate surface area is 182 Å². The number of ether oxygens (including phenoxy) is 1. The van der Waals surface area contributed by atoms with Gasteiger partial charge in [-0.3, -0.25) is 9.69 Å². The van der Waals surface area contributed by atoms with E-state index in [1.54, 1.807) is 25.3 Å². The molecule has 31 heavy (non-hydrogen) atoms. The smallest absolute Gasteiger partial charge is 0.224 e. The number of benzene rings is 2. The van der Waals surface area contributed by atoms with Crippen LogP contribution in [0.5, 0.6) is 5.75 Å². The number of para-hydroxylation sites is 1. The van der Waals surface area contributed by atoms with Crippen LogP contribution in [0, 0.1) is 18.7 Å². The summed E-state index contributed by atoms with van der Waals surface area (Å²) in [6, 6.07) is 12.4. The van der Waals surface area contributed by atoms with Gasteiger partial charge in [0.1, 0.15) is 11.6 Å². The first-order valence-corrected chi connectivity index (χ1v) is 11.0. The molecule has 3 aromatic rings. The zero-order valence-corrected chi connectivity index (χ0v) is 18.2. The van der Waals surface area contributed by atoms with E-state index in [4.69, 9.17) is 4.74 Å². The van der Waals surface area contributed by atoms with Crippen LogP contribution < -0.4 is 10.1 Å². The van der Waals surface area contributed by atoms with Crippen LogP contribution in [0.15, 0.2) is 42.5 Å². The largest absolute Gasteiger partial charge is 0.497 e. The van der Waals surface area contributed by atoms with Gasteiger partial charge in [-0.05, 0) is 74.5 Å². The zero-order valence-electron chi connectivity index (χ0n) is 18.2. The SMILES string of the molecule is COc1ccc2[nH]c(CN3CCC[C@H](CCC(=O)Nc4ccccc4F)C3)c(C)c2c1. The molecule has 1 amide bonds. The Morgan fingerprint density at radius 3 is 2.94 bits per heavy atom. The van der Waals surface area contributed by atoms with Gasteiger partial charge in [-0.1, -0.05) is 12.1 Å². The van der Waals surface area contributed by atoms with Gasteiger partial charge in [0.05, 0.1) is 12.8 Å². The van der Waals surface area contributed by atoms with Crippen LogP contribution in [-0.2, 0) is 11.3 Å². The number of fused-ring (bicyclic) bond motifs is 1. The maximum Gasteiger partial charge on any atom is 0.224 e. The van der Waals surface area contributed by atoms with Gasteiger partial charge in [-0.2, -0.15) is 0 Å². The number of hydrogen-bond donors (Lipinski definition) is 2. The molecule has 1 aliphatic rings. The molecule has 5 nitrogen and oxygen atoms in total. The van der Waals surface area contributed by atoms with E-state index in [0.717, 1.165) is 50.2 Å². The Morgan fingerprint density at radius 2 is 2.13 bits per heavy atom. The predicted molar refractivity (Wildman–Crippen MR) is 122 cm³/mol. The molecule has 164 valence electrons. The molecule has 2 aromatic carbocycles. The van der Waals surface area contributed by atoms with Gasteiger partial charge in [-0.25, -0.2) is 4.39 Å². The van der Waals surface area contributed by atoms with Crippen molar-refractivity contribution in [2.45, 2.75) is 39.2 Å². The second-order valence-electron chi connectivity index (χ2n) is 8.45. The molecular weight excluding hydrogens is 393 g/mol. The lowest BCUT2D eigenvalue weighted by Crippen LogP contribution is -2.35. The molecule has 0 bridgehead atoms. The van der Waals surface area contributed by atoms with Crippen molar-refractivity contribution >= 4 is 22.5 Å². The van der Waals surface area contributed by atoms with E-state index >= 15 is 0 Å². The number of methoxy groups -OCH3 is 1. The number of hydrogen-bond acceptors (Lipinski definition) is 3. The van der Waals surface area contributed by atoms with Crippen LogP contribution >= 0.6 is 0 Å². The number of H-pyrrole nitrogens is 1. The van der Waals surface area contributed by atoms with Crippen LogP contribution in [-0.4, -0.2) is 36.0 Å². The van der Waals surface area contributed by atoms with E-state index < -0.39 is 5.82 Å². The lowest BCUT2D eigenvalue weighted by molar-refractivity contribution is -0.116. The summed E-state index contributed by atoms with van der Waals surface area (Å²) in [6.45, 7) is 5.07. The fourth-order valence-electron chi connectivity index (χ4n) is 4.51. The van der Waals surface area contributed by atoms with Gasteiger partial charge in [0.25, 0.3) is 0 Å². The average molecular weight is 424 g/mol. The standard InChI is InChI=1S/C25H30FN3O2/c1-17-20-14-19(31-2)10-11-22(20)27-24(17)16-29-13-5-6-18(15-29)9-12-25(30)28-23-8-4-3-7-21(23)26/h3-4,7-8,10-11,14,18,27H,5-6,9,12-13,15-16H2,1-2H3,(H,28,30)/t18-/m1/s1. The number of nitrogens with zero attached hydrogens (tertiary/aromatic N) is 1. The first kappa shape index (κ1) is 21.4. The summed E-state index contributed by atoms with van der Waals surface area (Å²) in [6.07, 6.45) is 3.50. The van der Waals surface area contributed by atoms with Crippen molar-refractivity contribution in [1.82, 2.24) is 9.88 Å². The molecule has 0 radical (unpaired) electrons. The summed E-state index contributed by atoms with van der Waals surface area (Å²) >= 11 is 0. The topological polar surface area (TPSA) is 57.4 Å². The van der Waals surface area contributed by atoms with Gasteiger partial charge in [0.2, 0.25) is 5.91 Å². The summed E-state index contributed by atoms with van der Waals surface area (Å²) in [5.41, 5.74) is 3.89. The Hall–Kier alpha value is -2.86. The number of carbonyl (C=O) groups is 1. The number of amides is 1. The van der Waals surface area contributed by atoms with E-state index in [1.807, 2.05) is 6.07 Å². The van der Waals surface area contributed by atoms with Crippen molar-refractivity contribution in [3.8, 4) is 5.75 Å². The molecule has 0 spiro atoms. The molecule has 6 heteroatoms. The van der Waals surface area contributed by atoms with Crippen molar-refractivity contribution in [1.29, 1.82) is 0 Å². The van der Waals surface area contributed by atoms with Gasteiger partial charge < -0.3 is 15.0 Å². The molecule has 2 heterocycles. The number of rotatable bonds is 7. The number of piperidine rings is 1. The van der Waals surface area contributed by atoms with Gasteiger partial charge >= 0.3 is 0 Å². The van der Waals surface area contributed by atoms with Crippen LogP contribution in [0.4, 0.5) is 10.1 Å². The Bertz CT molecular complexity index is 1060. The molecule has 0 saturated carbocycles. The number of nitrogens with one attached hydrogen (secondary N) is 2.